The second-order valence-electron chi connectivity index (χ2n) is 10.1. The van der Waals surface area contributed by atoms with Gasteiger partial charge in [-0.1, -0.05) is 30.3 Å². The number of anilines is 1. The standard InChI is InChI=1S/C25H30N6O.C2HF3O2/c1-19(2)31-17-21-16-30(22(32)15-20-7-4-3-5-8-20)18-25(23(21)28-31)9-13-29(14-10-25)24-26-11-6-12-27-24;3-2(4,5)1(6)7/h3-8,11-12,17,19H,9-10,13-16,18H2,1-2H3;(H,6,7). The summed E-state index contributed by atoms with van der Waals surface area (Å²) in [6, 6.07) is 12.2. The number of carbonyl (C=O) groups excluding carboxylic acids is 1. The first-order valence-electron chi connectivity index (χ1n) is 12.7. The number of carboxylic acid groups (broad SMARTS) is 1. The molecule has 1 N–H and O–H groups in total. The van der Waals surface area contributed by atoms with Crippen molar-refractivity contribution in [1.29, 1.82) is 0 Å². The summed E-state index contributed by atoms with van der Waals surface area (Å²) in [7, 11) is 0. The van der Waals surface area contributed by atoms with E-state index < -0.39 is 12.1 Å². The van der Waals surface area contributed by atoms with Crippen molar-refractivity contribution in [3.8, 4) is 0 Å². The maximum Gasteiger partial charge on any atom is 0.490 e. The predicted molar refractivity (Wildman–Crippen MR) is 137 cm³/mol. The SMILES string of the molecule is CC(C)n1cc2c(n1)C1(CCN(c3ncccn3)CC1)CN(C(=O)Cc1ccccc1)C2.O=C(O)C(F)(F)F. The Hall–Kier alpha value is -3.96. The van der Waals surface area contributed by atoms with E-state index in [0.717, 1.165) is 44.0 Å². The van der Waals surface area contributed by atoms with Crippen LogP contribution in [0.3, 0.4) is 0 Å². The molecular weight excluding hydrogens is 513 g/mol. The lowest BCUT2D eigenvalue weighted by molar-refractivity contribution is -0.192. The van der Waals surface area contributed by atoms with Gasteiger partial charge in [-0.15, -0.1) is 0 Å². The van der Waals surface area contributed by atoms with E-state index in [-0.39, 0.29) is 11.3 Å². The van der Waals surface area contributed by atoms with E-state index in [1.165, 1.54) is 11.3 Å². The van der Waals surface area contributed by atoms with Gasteiger partial charge in [0.15, 0.2) is 0 Å². The van der Waals surface area contributed by atoms with Crippen LogP contribution in [0, 0.1) is 0 Å². The summed E-state index contributed by atoms with van der Waals surface area (Å²) in [5, 5.41) is 12.2. The average Bonchev–Trinajstić information content (AvgIpc) is 3.36. The molecule has 5 rings (SSSR count). The number of alkyl halides is 3. The zero-order chi connectivity index (χ0) is 28.2. The minimum absolute atomic E-state index is 0.120. The molecule has 0 saturated carbocycles. The van der Waals surface area contributed by atoms with Crippen molar-refractivity contribution in [2.24, 2.45) is 0 Å². The van der Waals surface area contributed by atoms with Gasteiger partial charge in [0, 0.05) is 61.8 Å². The molecule has 12 heteroatoms. The number of carbonyl (C=O) groups is 2. The number of aromatic nitrogens is 4. The van der Waals surface area contributed by atoms with Gasteiger partial charge in [0.2, 0.25) is 11.9 Å². The second-order valence-corrected chi connectivity index (χ2v) is 10.1. The van der Waals surface area contributed by atoms with Gasteiger partial charge in [-0.3, -0.25) is 9.48 Å². The molecule has 0 unspecified atom stereocenters. The molecular formula is C27H31F3N6O3. The Morgan fingerprint density at radius 2 is 1.67 bits per heavy atom. The molecule has 39 heavy (non-hydrogen) atoms. The fourth-order valence-electron chi connectivity index (χ4n) is 5.00. The molecule has 1 aromatic carbocycles. The van der Waals surface area contributed by atoms with Crippen LogP contribution in [0.15, 0.2) is 55.0 Å². The Bertz CT molecular complexity index is 1270. The van der Waals surface area contributed by atoms with E-state index >= 15 is 0 Å². The van der Waals surface area contributed by atoms with Gasteiger partial charge >= 0.3 is 12.1 Å². The summed E-state index contributed by atoms with van der Waals surface area (Å²) >= 11 is 0. The van der Waals surface area contributed by atoms with Gasteiger partial charge in [-0.2, -0.15) is 18.3 Å². The maximum absolute atomic E-state index is 13.3. The van der Waals surface area contributed by atoms with Gasteiger partial charge in [0.25, 0.3) is 0 Å². The van der Waals surface area contributed by atoms with Crippen LogP contribution in [0.25, 0.3) is 0 Å². The number of piperidine rings is 1. The maximum atomic E-state index is 13.3. The largest absolute Gasteiger partial charge is 0.490 e. The quantitative estimate of drug-likeness (QED) is 0.529. The second kappa shape index (κ2) is 11.4. The molecule has 0 aliphatic carbocycles. The number of benzene rings is 1. The van der Waals surface area contributed by atoms with E-state index in [1.807, 2.05) is 36.4 Å². The van der Waals surface area contributed by atoms with E-state index in [4.69, 9.17) is 15.0 Å². The monoisotopic (exact) mass is 544 g/mol. The minimum Gasteiger partial charge on any atom is -0.475 e. The first-order valence-corrected chi connectivity index (χ1v) is 12.7. The lowest BCUT2D eigenvalue weighted by atomic mass is 9.72. The molecule has 2 aliphatic heterocycles. The molecule has 3 aromatic rings. The van der Waals surface area contributed by atoms with Crippen LogP contribution in [0.2, 0.25) is 0 Å². The van der Waals surface area contributed by atoms with Crippen LogP contribution in [0.4, 0.5) is 19.1 Å². The molecule has 2 aliphatic rings. The first kappa shape index (κ1) is 28.1. The summed E-state index contributed by atoms with van der Waals surface area (Å²) in [5.41, 5.74) is 3.32. The van der Waals surface area contributed by atoms with E-state index in [2.05, 4.69) is 44.5 Å². The molecule has 2 aromatic heterocycles. The van der Waals surface area contributed by atoms with Crippen LogP contribution in [0.1, 0.15) is 49.6 Å². The molecule has 0 atom stereocenters. The van der Waals surface area contributed by atoms with Gasteiger partial charge < -0.3 is 14.9 Å². The molecule has 9 nitrogen and oxygen atoms in total. The van der Waals surface area contributed by atoms with Crippen LogP contribution < -0.4 is 4.90 Å². The molecule has 4 heterocycles. The zero-order valence-electron chi connectivity index (χ0n) is 21.8. The van der Waals surface area contributed by atoms with Gasteiger partial charge in [0.05, 0.1) is 12.1 Å². The molecule has 1 amide bonds. The average molecular weight is 545 g/mol. The summed E-state index contributed by atoms with van der Waals surface area (Å²) < 4.78 is 33.8. The van der Waals surface area contributed by atoms with Crippen molar-refractivity contribution in [2.75, 3.05) is 24.5 Å². The third kappa shape index (κ3) is 6.55. The lowest BCUT2D eigenvalue weighted by Crippen LogP contribution is -2.53. The highest BCUT2D eigenvalue weighted by molar-refractivity contribution is 5.79. The number of hydrogen-bond acceptors (Lipinski definition) is 6. The Morgan fingerprint density at radius 3 is 2.23 bits per heavy atom. The number of nitrogens with zero attached hydrogens (tertiary/aromatic N) is 6. The van der Waals surface area contributed by atoms with Crippen LogP contribution in [-0.4, -0.2) is 67.4 Å². The number of carboxylic acids is 1. The highest BCUT2D eigenvalue weighted by atomic mass is 19.4. The number of amides is 1. The predicted octanol–water partition coefficient (Wildman–Crippen LogP) is 4.01. The van der Waals surface area contributed by atoms with Gasteiger partial charge in [0.1, 0.15) is 0 Å². The number of hydrogen-bond donors (Lipinski definition) is 1. The normalized spacial score (nSPS) is 16.5. The van der Waals surface area contributed by atoms with Crippen molar-refractivity contribution in [3.05, 3.63) is 71.8 Å². The van der Waals surface area contributed by atoms with Crippen molar-refractivity contribution in [1.82, 2.24) is 24.6 Å². The smallest absolute Gasteiger partial charge is 0.475 e. The molecule has 0 bridgehead atoms. The van der Waals surface area contributed by atoms with E-state index in [1.54, 1.807) is 12.4 Å². The van der Waals surface area contributed by atoms with Crippen molar-refractivity contribution < 1.29 is 27.9 Å². The highest BCUT2D eigenvalue weighted by Gasteiger charge is 2.46. The number of fused-ring (bicyclic) bond motifs is 2. The fourth-order valence-corrected chi connectivity index (χ4v) is 5.00. The molecule has 0 radical (unpaired) electrons. The summed E-state index contributed by atoms with van der Waals surface area (Å²) in [6.07, 6.45) is 2.95. The number of aliphatic carboxylic acids is 1. The first-order chi connectivity index (χ1) is 18.5. The number of halogens is 3. The fraction of sp³-hybridized carbons (Fsp3) is 0.444. The van der Waals surface area contributed by atoms with Gasteiger partial charge in [-0.25, -0.2) is 14.8 Å². The van der Waals surface area contributed by atoms with Crippen molar-refractivity contribution in [2.45, 2.75) is 57.3 Å². The van der Waals surface area contributed by atoms with Crippen LogP contribution in [-0.2, 0) is 28.0 Å². The molecule has 1 fully saturated rings. The van der Waals surface area contributed by atoms with Crippen molar-refractivity contribution >= 4 is 17.8 Å². The van der Waals surface area contributed by atoms with E-state index in [9.17, 15) is 18.0 Å². The third-order valence-electron chi connectivity index (χ3n) is 7.04. The molecule has 1 saturated heterocycles. The minimum atomic E-state index is -5.08. The highest BCUT2D eigenvalue weighted by Crippen LogP contribution is 2.42. The van der Waals surface area contributed by atoms with Crippen LogP contribution >= 0.6 is 0 Å². The summed E-state index contributed by atoms with van der Waals surface area (Å²) in [5.74, 6) is -1.79. The topological polar surface area (TPSA) is 104 Å². The summed E-state index contributed by atoms with van der Waals surface area (Å²) in [6.45, 7) is 7.39. The summed E-state index contributed by atoms with van der Waals surface area (Å²) in [4.78, 5) is 35.3. The van der Waals surface area contributed by atoms with Crippen molar-refractivity contribution in [3.63, 3.8) is 0 Å². The molecule has 208 valence electrons. The number of rotatable bonds is 4. The Kier molecular flexibility index (Phi) is 8.22. The van der Waals surface area contributed by atoms with Gasteiger partial charge in [-0.05, 0) is 38.3 Å². The zero-order valence-corrected chi connectivity index (χ0v) is 21.8. The molecule has 1 spiro atoms. The van der Waals surface area contributed by atoms with Crippen LogP contribution in [0.5, 0.6) is 0 Å². The Balaban J connectivity index is 0.000000448. The lowest BCUT2D eigenvalue weighted by Gasteiger charge is -2.46. The Morgan fingerprint density at radius 1 is 1.05 bits per heavy atom. The Labute approximate surface area is 224 Å². The third-order valence-corrected chi connectivity index (χ3v) is 7.04. The van der Waals surface area contributed by atoms with E-state index in [0.29, 0.717) is 19.0 Å².